The molecule has 1 saturated carbocycles. The maximum Gasteiger partial charge on any atom is 0.225 e. The zero-order valence-electron chi connectivity index (χ0n) is 17.2. The smallest absolute Gasteiger partial charge is 0.225 e. The Bertz CT molecular complexity index is 980. The summed E-state index contributed by atoms with van der Waals surface area (Å²) in [6.45, 7) is -0.376. The summed E-state index contributed by atoms with van der Waals surface area (Å²) < 4.78 is 71.6. The van der Waals surface area contributed by atoms with Gasteiger partial charge in [-0.1, -0.05) is 18.2 Å². The van der Waals surface area contributed by atoms with Crippen LogP contribution in [0, 0.1) is 22.9 Å². The maximum absolute atomic E-state index is 15.4. The van der Waals surface area contributed by atoms with E-state index < -0.39 is 36.2 Å². The summed E-state index contributed by atoms with van der Waals surface area (Å²) in [6, 6.07) is 5.97. The van der Waals surface area contributed by atoms with Crippen LogP contribution in [0.2, 0.25) is 0 Å². The van der Waals surface area contributed by atoms with E-state index in [4.69, 9.17) is 0 Å². The molecule has 1 aliphatic heterocycles. The second kappa shape index (κ2) is 9.39. The molecular weight excluding hydrogens is 447 g/mol. The van der Waals surface area contributed by atoms with Crippen LogP contribution in [0.5, 0.6) is 0 Å². The molecule has 2 fully saturated rings. The standard InChI is InChI=1S/C23H23F5N2OS/c24-7-4-20(31)30-12-23(5-6-23)22(29-32-13-25)19(30)10-14-2-1-3-18(21(14)28)15-8-16(26)11-17(27)9-15/h1-3,8-9,11,19,22,29H,4-7,10,12-13H2. The Morgan fingerprint density at radius 1 is 1.12 bits per heavy atom. The number of benzene rings is 2. The van der Waals surface area contributed by atoms with Crippen molar-refractivity contribution in [2.75, 3.05) is 19.2 Å². The Labute approximate surface area is 187 Å². The molecule has 3 nitrogen and oxygen atoms in total. The number of alkyl halides is 2. The van der Waals surface area contributed by atoms with E-state index in [0.29, 0.717) is 12.6 Å². The van der Waals surface area contributed by atoms with E-state index in [2.05, 4.69) is 4.72 Å². The van der Waals surface area contributed by atoms with Crippen LogP contribution in [0.4, 0.5) is 22.0 Å². The number of likely N-dealkylation sites (tertiary alicyclic amines) is 1. The van der Waals surface area contributed by atoms with Gasteiger partial charge in [0.2, 0.25) is 5.91 Å². The summed E-state index contributed by atoms with van der Waals surface area (Å²) in [5.74, 6) is -2.62. The molecule has 1 amide bonds. The lowest BCUT2D eigenvalue weighted by atomic mass is 9.91. The van der Waals surface area contributed by atoms with Gasteiger partial charge in [-0.25, -0.2) is 17.6 Å². The third-order valence-electron chi connectivity index (χ3n) is 6.40. The van der Waals surface area contributed by atoms with Gasteiger partial charge < -0.3 is 4.90 Å². The predicted octanol–water partition coefficient (Wildman–Crippen LogP) is 5.20. The fourth-order valence-electron chi connectivity index (χ4n) is 4.72. The number of halogens is 5. The van der Waals surface area contributed by atoms with Crippen molar-refractivity contribution in [3.63, 3.8) is 0 Å². The average molecular weight is 471 g/mol. The largest absolute Gasteiger partial charge is 0.337 e. The van der Waals surface area contributed by atoms with E-state index >= 15 is 4.39 Å². The molecule has 1 heterocycles. The number of nitrogens with one attached hydrogen (secondary N) is 1. The minimum absolute atomic E-state index is 0.0457. The van der Waals surface area contributed by atoms with Gasteiger partial charge in [0.15, 0.2) is 0 Å². The average Bonchev–Trinajstić information content (AvgIpc) is 3.45. The summed E-state index contributed by atoms with van der Waals surface area (Å²) in [5, 5.41) is 0. The van der Waals surface area contributed by atoms with E-state index in [-0.39, 0.29) is 46.9 Å². The second-order valence-electron chi connectivity index (χ2n) is 8.38. The van der Waals surface area contributed by atoms with Crippen molar-refractivity contribution in [3.8, 4) is 11.1 Å². The van der Waals surface area contributed by atoms with Crippen LogP contribution in [-0.2, 0) is 11.2 Å². The summed E-state index contributed by atoms with van der Waals surface area (Å²) >= 11 is 0.891. The van der Waals surface area contributed by atoms with Gasteiger partial charge in [-0.2, -0.15) is 0 Å². The van der Waals surface area contributed by atoms with E-state index in [9.17, 15) is 22.4 Å². The van der Waals surface area contributed by atoms with Crippen LogP contribution in [0.15, 0.2) is 36.4 Å². The van der Waals surface area contributed by atoms with Gasteiger partial charge in [-0.15, -0.1) is 0 Å². The molecule has 2 aliphatic rings. The summed E-state index contributed by atoms with van der Waals surface area (Å²) in [7, 11) is 0. The molecule has 2 aromatic rings. The molecule has 0 aromatic heterocycles. The minimum Gasteiger partial charge on any atom is -0.337 e. The van der Waals surface area contributed by atoms with Crippen LogP contribution < -0.4 is 4.72 Å². The minimum atomic E-state index is -0.813. The fraction of sp³-hybridized carbons (Fsp3) is 0.435. The topological polar surface area (TPSA) is 32.3 Å². The lowest BCUT2D eigenvalue weighted by Crippen LogP contribution is -2.46. The van der Waals surface area contributed by atoms with E-state index in [1.807, 2.05) is 0 Å². The van der Waals surface area contributed by atoms with E-state index in [0.717, 1.165) is 36.9 Å². The summed E-state index contributed by atoms with van der Waals surface area (Å²) in [4.78, 5) is 14.2. The highest BCUT2D eigenvalue weighted by Gasteiger charge is 2.60. The first-order valence-electron chi connectivity index (χ1n) is 10.4. The number of nitrogens with zero attached hydrogens (tertiary/aromatic N) is 1. The highest BCUT2D eigenvalue weighted by molar-refractivity contribution is 7.97. The SMILES string of the molecule is O=C(CCF)N1CC2(CC2)C(NSCF)C1Cc1cccc(-c2cc(F)cc(F)c2)c1F. The van der Waals surface area contributed by atoms with Crippen LogP contribution in [-0.4, -0.2) is 42.1 Å². The van der Waals surface area contributed by atoms with Crippen LogP contribution >= 0.6 is 11.9 Å². The van der Waals surface area contributed by atoms with E-state index in [1.165, 1.54) is 6.07 Å². The van der Waals surface area contributed by atoms with Crippen molar-refractivity contribution in [2.45, 2.75) is 37.8 Å². The Balaban J connectivity index is 1.67. The highest BCUT2D eigenvalue weighted by atomic mass is 32.2. The number of carbonyl (C=O) groups is 1. The zero-order valence-corrected chi connectivity index (χ0v) is 18.0. The lowest BCUT2D eigenvalue weighted by molar-refractivity contribution is -0.132. The molecule has 32 heavy (non-hydrogen) atoms. The summed E-state index contributed by atoms with van der Waals surface area (Å²) in [5.41, 5.74) is 0.160. The number of amides is 1. The van der Waals surface area contributed by atoms with Gasteiger partial charge in [-0.05, 0) is 54.5 Å². The molecular formula is C23H23F5N2OS. The van der Waals surface area contributed by atoms with Crippen LogP contribution in [0.25, 0.3) is 11.1 Å². The van der Waals surface area contributed by atoms with Crippen molar-refractivity contribution in [1.82, 2.24) is 9.62 Å². The highest BCUT2D eigenvalue weighted by Crippen LogP contribution is 2.56. The van der Waals surface area contributed by atoms with Crippen LogP contribution in [0.1, 0.15) is 24.8 Å². The molecule has 2 unspecified atom stereocenters. The quantitative estimate of drug-likeness (QED) is 0.425. The lowest BCUT2D eigenvalue weighted by Gasteiger charge is -2.29. The monoisotopic (exact) mass is 470 g/mol. The Morgan fingerprint density at radius 2 is 1.84 bits per heavy atom. The van der Waals surface area contributed by atoms with Crippen molar-refractivity contribution in [3.05, 3.63) is 59.4 Å². The maximum atomic E-state index is 15.4. The van der Waals surface area contributed by atoms with Gasteiger partial charge in [0.25, 0.3) is 0 Å². The number of hydrogen-bond acceptors (Lipinski definition) is 3. The Hall–Kier alpha value is -2.13. The molecule has 9 heteroatoms. The van der Waals surface area contributed by atoms with Crippen molar-refractivity contribution in [1.29, 1.82) is 0 Å². The van der Waals surface area contributed by atoms with Gasteiger partial charge in [0.05, 0.1) is 19.1 Å². The first kappa shape index (κ1) is 23.0. The fourth-order valence-corrected chi connectivity index (χ4v) is 5.37. The number of rotatable bonds is 8. The molecule has 1 N–H and O–H groups in total. The van der Waals surface area contributed by atoms with Crippen LogP contribution in [0.3, 0.4) is 0 Å². The first-order chi connectivity index (χ1) is 15.4. The molecule has 1 saturated heterocycles. The molecule has 0 radical (unpaired) electrons. The van der Waals surface area contributed by atoms with Gasteiger partial charge in [-0.3, -0.25) is 13.9 Å². The first-order valence-corrected chi connectivity index (χ1v) is 11.4. The number of carbonyl (C=O) groups excluding carboxylic acids is 1. The molecule has 172 valence electrons. The molecule has 4 rings (SSSR count). The van der Waals surface area contributed by atoms with Gasteiger partial charge in [0.1, 0.15) is 23.5 Å². The molecule has 0 bridgehead atoms. The van der Waals surface area contributed by atoms with Crippen molar-refractivity contribution in [2.24, 2.45) is 5.41 Å². The van der Waals surface area contributed by atoms with Gasteiger partial charge in [0, 0.05) is 29.6 Å². The van der Waals surface area contributed by atoms with Crippen molar-refractivity contribution < 1.29 is 26.7 Å². The Kier molecular flexibility index (Phi) is 6.76. The second-order valence-corrected chi connectivity index (χ2v) is 9.12. The zero-order chi connectivity index (χ0) is 22.9. The summed E-state index contributed by atoms with van der Waals surface area (Å²) in [6.07, 6.45) is 1.54. The predicted molar refractivity (Wildman–Crippen MR) is 114 cm³/mol. The normalized spacial score (nSPS) is 21.3. The molecule has 2 atom stereocenters. The third kappa shape index (κ3) is 4.50. The van der Waals surface area contributed by atoms with E-state index in [1.54, 1.807) is 17.0 Å². The third-order valence-corrected chi connectivity index (χ3v) is 6.93. The number of hydrogen-bond donors (Lipinski definition) is 1. The molecule has 1 spiro atoms. The Morgan fingerprint density at radius 3 is 2.47 bits per heavy atom. The van der Waals surface area contributed by atoms with Gasteiger partial charge >= 0.3 is 0 Å². The molecule has 2 aromatic carbocycles. The molecule has 1 aliphatic carbocycles. The van der Waals surface area contributed by atoms with Crippen molar-refractivity contribution >= 4 is 17.9 Å².